The summed E-state index contributed by atoms with van der Waals surface area (Å²) in [6.45, 7) is 2.67. The smallest absolute Gasteiger partial charge is 0.193 e. The summed E-state index contributed by atoms with van der Waals surface area (Å²) in [5.74, 6) is 0.428. The van der Waals surface area contributed by atoms with Crippen LogP contribution in [0.15, 0.2) is 53.5 Å². The number of rotatable bonds is 4. The van der Waals surface area contributed by atoms with E-state index in [1.807, 2.05) is 44.4 Å². The standard InChI is InChI=1S/C17H22N4/c1-13-11-16(21(2)3)10-9-14(13)12-19-17(18)20-15-7-5-4-6-8-15/h4-11H,12H2,1-3H3,(H3,18,19,20). The van der Waals surface area contributed by atoms with E-state index in [-0.39, 0.29) is 0 Å². The fourth-order valence-electron chi connectivity index (χ4n) is 2.01. The van der Waals surface area contributed by atoms with Crippen molar-refractivity contribution in [1.29, 1.82) is 0 Å². The first-order valence-corrected chi connectivity index (χ1v) is 6.95. The summed E-state index contributed by atoms with van der Waals surface area (Å²) in [7, 11) is 4.07. The molecule has 0 spiro atoms. The number of aryl methyl sites for hydroxylation is 1. The van der Waals surface area contributed by atoms with Gasteiger partial charge >= 0.3 is 0 Å². The lowest BCUT2D eigenvalue weighted by Crippen LogP contribution is -2.22. The van der Waals surface area contributed by atoms with Gasteiger partial charge in [-0.2, -0.15) is 0 Å². The van der Waals surface area contributed by atoms with Crippen molar-refractivity contribution < 1.29 is 0 Å². The van der Waals surface area contributed by atoms with Crippen LogP contribution in [-0.4, -0.2) is 20.1 Å². The second kappa shape index (κ2) is 6.79. The highest BCUT2D eigenvalue weighted by Gasteiger charge is 2.01. The summed E-state index contributed by atoms with van der Waals surface area (Å²) in [6, 6.07) is 16.2. The number of benzene rings is 2. The SMILES string of the molecule is Cc1cc(N(C)C)ccc1CN=C(N)Nc1ccccc1. The van der Waals surface area contributed by atoms with Gasteiger partial charge in [0.2, 0.25) is 0 Å². The number of aliphatic imine (C=N–C) groups is 1. The van der Waals surface area contributed by atoms with Crippen molar-refractivity contribution in [2.75, 3.05) is 24.3 Å². The van der Waals surface area contributed by atoms with Crippen molar-refractivity contribution in [2.24, 2.45) is 10.7 Å². The van der Waals surface area contributed by atoms with E-state index in [4.69, 9.17) is 5.73 Å². The average Bonchev–Trinajstić information content (AvgIpc) is 2.47. The first-order valence-electron chi connectivity index (χ1n) is 6.95. The summed E-state index contributed by atoms with van der Waals surface area (Å²) in [6.07, 6.45) is 0. The van der Waals surface area contributed by atoms with E-state index in [0.717, 1.165) is 5.69 Å². The van der Waals surface area contributed by atoms with Gasteiger partial charge in [-0.15, -0.1) is 0 Å². The predicted octanol–water partition coefficient (Wildman–Crippen LogP) is 2.99. The lowest BCUT2D eigenvalue weighted by molar-refractivity contribution is 1.03. The van der Waals surface area contributed by atoms with E-state index < -0.39 is 0 Å². The van der Waals surface area contributed by atoms with E-state index in [9.17, 15) is 0 Å². The fourth-order valence-corrected chi connectivity index (χ4v) is 2.01. The van der Waals surface area contributed by atoms with Gasteiger partial charge < -0.3 is 16.0 Å². The van der Waals surface area contributed by atoms with Crippen LogP contribution in [-0.2, 0) is 6.54 Å². The number of anilines is 2. The number of guanidine groups is 1. The molecule has 0 bridgehead atoms. The van der Waals surface area contributed by atoms with Crippen LogP contribution in [0.1, 0.15) is 11.1 Å². The van der Waals surface area contributed by atoms with Crippen LogP contribution < -0.4 is 16.0 Å². The number of nitrogens with one attached hydrogen (secondary N) is 1. The van der Waals surface area contributed by atoms with Gasteiger partial charge in [-0.25, -0.2) is 4.99 Å². The van der Waals surface area contributed by atoms with Gasteiger partial charge in [-0.05, 0) is 42.3 Å². The van der Waals surface area contributed by atoms with E-state index >= 15 is 0 Å². The fraction of sp³-hybridized carbons (Fsp3) is 0.235. The first kappa shape index (κ1) is 14.9. The van der Waals surface area contributed by atoms with Gasteiger partial charge in [-0.3, -0.25) is 0 Å². The van der Waals surface area contributed by atoms with Crippen molar-refractivity contribution >= 4 is 17.3 Å². The summed E-state index contributed by atoms with van der Waals surface area (Å²) in [5, 5.41) is 3.08. The number of para-hydroxylation sites is 1. The van der Waals surface area contributed by atoms with Crippen molar-refractivity contribution in [3.05, 3.63) is 59.7 Å². The third kappa shape index (κ3) is 4.24. The summed E-state index contributed by atoms with van der Waals surface area (Å²) in [4.78, 5) is 6.48. The number of nitrogens with two attached hydrogens (primary N) is 1. The molecule has 4 nitrogen and oxygen atoms in total. The minimum absolute atomic E-state index is 0.428. The Morgan fingerprint density at radius 1 is 1.14 bits per heavy atom. The van der Waals surface area contributed by atoms with Crippen LogP contribution in [0.25, 0.3) is 0 Å². The van der Waals surface area contributed by atoms with Crippen LogP contribution in [0.3, 0.4) is 0 Å². The number of hydrogen-bond donors (Lipinski definition) is 2. The normalized spacial score (nSPS) is 11.3. The van der Waals surface area contributed by atoms with Crippen LogP contribution in [0.4, 0.5) is 11.4 Å². The maximum absolute atomic E-state index is 5.91. The molecule has 21 heavy (non-hydrogen) atoms. The van der Waals surface area contributed by atoms with E-state index in [1.165, 1.54) is 16.8 Å². The molecule has 0 atom stereocenters. The zero-order chi connectivity index (χ0) is 15.2. The number of nitrogens with zero attached hydrogens (tertiary/aromatic N) is 2. The Morgan fingerprint density at radius 3 is 2.48 bits per heavy atom. The molecular formula is C17H22N4. The molecule has 0 radical (unpaired) electrons. The quantitative estimate of drug-likeness (QED) is 0.669. The highest BCUT2D eigenvalue weighted by molar-refractivity contribution is 5.92. The molecule has 0 aliphatic heterocycles. The molecule has 2 aromatic carbocycles. The predicted molar refractivity (Wildman–Crippen MR) is 90.9 cm³/mol. The van der Waals surface area contributed by atoms with Crippen molar-refractivity contribution in [3.63, 3.8) is 0 Å². The molecular weight excluding hydrogens is 260 g/mol. The summed E-state index contributed by atoms with van der Waals surface area (Å²) >= 11 is 0. The largest absolute Gasteiger partial charge is 0.378 e. The lowest BCUT2D eigenvalue weighted by Gasteiger charge is -2.14. The average molecular weight is 282 g/mol. The Bertz CT molecular complexity index is 618. The molecule has 0 aliphatic carbocycles. The molecule has 0 saturated carbocycles. The second-order valence-corrected chi connectivity index (χ2v) is 5.20. The Kier molecular flexibility index (Phi) is 4.82. The van der Waals surface area contributed by atoms with Crippen LogP contribution in [0, 0.1) is 6.92 Å². The molecule has 2 aromatic rings. The van der Waals surface area contributed by atoms with Gasteiger partial charge in [0.05, 0.1) is 6.54 Å². The van der Waals surface area contributed by atoms with Gasteiger partial charge in [0, 0.05) is 25.5 Å². The molecule has 3 N–H and O–H groups in total. The Labute approximate surface area is 126 Å². The molecule has 0 fully saturated rings. The van der Waals surface area contributed by atoms with Crippen LogP contribution >= 0.6 is 0 Å². The highest BCUT2D eigenvalue weighted by atomic mass is 15.1. The monoisotopic (exact) mass is 282 g/mol. The third-order valence-corrected chi connectivity index (χ3v) is 3.31. The zero-order valence-corrected chi connectivity index (χ0v) is 12.8. The minimum Gasteiger partial charge on any atom is -0.378 e. The maximum atomic E-state index is 5.91. The molecule has 0 aromatic heterocycles. The Balaban J connectivity index is 2.03. The number of hydrogen-bond acceptors (Lipinski definition) is 2. The summed E-state index contributed by atoms with van der Waals surface area (Å²) in [5.41, 5.74) is 10.4. The van der Waals surface area contributed by atoms with E-state index in [1.54, 1.807) is 0 Å². The highest BCUT2D eigenvalue weighted by Crippen LogP contribution is 2.18. The lowest BCUT2D eigenvalue weighted by atomic mass is 10.1. The molecule has 0 unspecified atom stereocenters. The van der Waals surface area contributed by atoms with Gasteiger partial charge in [0.25, 0.3) is 0 Å². The zero-order valence-electron chi connectivity index (χ0n) is 12.8. The van der Waals surface area contributed by atoms with Crippen molar-refractivity contribution in [3.8, 4) is 0 Å². The van der Waals surface area contributed by atoms with Gasteiger partial charge in [-0.1, -0.05) is 24.3 Å². The van der Waals surface area contributed by atoms with Crippen LogP contribution in [0.2, 0.25) is 0 Å². The molecule has 0 amide bonds. The third-order valence-electron chi connectivity index (χ3n) is 3.31. The first-order chi connectivity index (χ1) is 10.1. The molecule has 0 heterocycles. The van der Waals surface area contributed by atoms with Crippen molar-refractivity contribution in [2.45, 2.75) is 13.5 Å². The molecule has 0 aliphatic rings. The molecule has 110 valence electrons. The second-order valence-electron chi connectivity index (χ2n) is 5.20. The topological polar surface area (TPSA) is 53.6 Å². The van der Waals surface area contributed by atoms with Gasteiger partial charge in [0.1, 0.15) is 0 Å². The maximum Gasteiger partial charge on any atom is 0.193 e. The summed E-state index contributed by atoms with van der Waals surface area (Å²) < 4.78 is 0. The molecule has 4 heteroatoms. The van der Waals surface area contributed by atoms with E-state index in [2.05, 4.69) is 40.3 Å². The Hall–Kier alpha value is -2.49. The molecule has 0 saturated heterocycles. The molecule has 2 rings (SSSR count). The minimum atomic E-state index is 0.428. The Morgan fingerprint density at radius 2 is 1.86 bits per heavy atom. The van der Waals surface area contributed by atoms with Crippen LogP contribution in [0.5, 0.6) is 0 Å². The van der Waals surface area contributed by atoms with Crippen molar-refractivity contribution in [1.82, 2.24) is 0 Å². The van der Waals surface area contributed by atoms with Gasteiger partial charge in [0.15, 0.2) is 5.96 Å². The van der Waals surface area contributed by atoms with E-state index in [0.29, 0.717) is 12.5 Å².